The lowest BCUT2D eigenvalue weighted by Gasteiger charge is -1.98. The Morgan fingerprint density at radius 1 is 1.27 bits per heavy atom. The monoisotopic (exact) mass is 210 g/mol. The van der Waals surface area contributed by atoms with Gasteiger partial charge in [0.2, 0.25) is 11.9 Å². The van der Waals surface area contributed by atoms with Crippen molar-refractivity contribution in [3.05, 3.63) is 30.1 Å². The van der Waals surface area contributed by atoms with Crippen molar-refractivity contribution in [2.24, 2.45) is 27.3 Å². The smallest absolute Gasteiger partial charge is 0.223 e. The molecule has 0 aliphatic carbocycles. The zero-order valence-electron chi connectivity index (χ0n) is 7.81. The van der Waals surface area contributed by atoms with Crippen LogP contribution in [0.15, 0.2) is 34.3 Å². The topological polar surface area (TPSA) is 115 Å². The maximum Gasteiger partial charge on any atom is 0.223 e. The average molecular weight is 210 g/mol. The zero-order valence-corrected chi connectivity index (χ0v) is 7.81. The standard InChI is InChI=1S/C8H11FN6/c9-5-3-1-2-4-6(5)13-7(10)14-8(11)15-12/h1-4H,12H2,(H5,10,11,13,14,15). The molecular weight excluding hydrogens is 199 g/mol. The molecule has 0 aliphatic heterocycles. The summed E-state index contributed by atoms with van der Waals surface area (Å²) >= 11 is 0. The fourth-order valence-electron chi connectivity index (χ4n) is 0.846. The van der Waals surface area contributed by atoms with Crippen LogP contribution in [0.3, 0.4) is 0 Å². The number of nitrogens with two attached hydrogens (primary N) is 3. The van der Waals surface area contributed by atoms with Gasteiger partial charge in [0.05, 0.1) is 0 Å². The highest BCUT2D eigenvalue weighted by Gasteiger charge is 1.99. The van der Waals surface area contributed by atoms with Gasteiger partial charge in [0, 0.05) is 0 Å². The van der Waals surface area contributed by atoms with E-state index in [1.807, 2.05) is 0 Å². The first-order valence-electron chi connectivity index (χ1n) is 4.03. The Labute approximate surface area is 85.7 Å². The lowest BCUT2D eigenvalue weighted by Crippen LogP contribution is -2.38. The van der Waals surface area contributed by atoms with Gasteiger partial charge in [0.25, 0.3) is 0 Å². The van der Waals surface area contributed by atoms with Crippen LogP contribution in [-0.4, -0.2) is 11.9 Å². The third-order valence-corrected chi connectivity index (χ3v) is 1.47. The number of aliphatic imine (C=N–C) groups is 2. The Bertz CT molecular complexity index is 400. The van der Waals surface area contributed by atoms with Gasteiger partial charge in [-0.3, -0.25) is 5.43 Å². The maximum absolute atomic E-state index is 13.1. The Hall–Kier alpha value is -2.15. The van der Waals surface area contributed by atoms with E-state index in [0.29, 0.717) is 0 Å². The molecule has 1 rings (SSSR count). The minimum Gasteiger partial charge on any atom is -0.368 e. The van der Waals surface area contributed by atoms with Crippen molar-refractivity contribution >= 4 is 17.6 Å². The van der Waals surface area contributed by atoms with E-state index < -0.39 is 5.82 Å². The average Bonchev–Trinajstić information content (AvgIpc) is 2.21. The van der Waals surface area contributed by atoms with E-state index in [2.05, 4.69) is 15.4 Å². The second-order valence-electron chi connectivity index (χ2n) is 2.56. The van der Waals surface area contributed by atoms with Crippen LogP contribution in [0.25, 0.3) is 0 Å². The van der Waals surface area contributed by atoms with E-state index in [1.54, 1.807) is 12.1 Å². The Morgan fingerprint density at radius 3 is 2.53 bits per heavy atom. The summed E-state index contributed by atoms with van der Waals surface area (Å²) in [5, 5.41) is 0. The highest BCUT2D eigenvalue weighted by atomic mass is 19.1. The van der Waals surface area contributed by atoms with Crippen LogP contribution in [0.1, 0.15) is 0 Å². The number of hydrogen-bond acceptors (Lipinski definition) is 2. The van der Waals surface area contributed by atoms with Gasteiger partial charge >= 0.3 is 0 Å². The van der Waals surface area contributed by atoms with Gasteiger partial charge in [-0.2, -0.15) is 4.99 Å². The quantitative estimate of drug-likeness (QED) is 0.217. The fraction of sp³-hybridized carbons (Fsp3) is 0. The Balaban J connectivity index is 2.93. The van der Waals surface area contributed by atoms with Crippen LogP contribution >= 0.6 is 0 Å². The normalized spacial score (nSPS) is 12.7. The number of guanidine groups is 2. The Kier molecular flexibility index (Phi) is 3.58. The first-order chi connectivity index (χ1) is 7.13. The van der Waals surface area contributed by atoms with Crippen molar-refractivity contribution in [2.45, 2.75) is 0 Å². The van der Waals surface area contributed by atoms with Crippen molar-refractivity contribution in [3.63, 3.8) is 0 Å². The van der Waals surface area contributed by atoms with Crippen molar-refractivity contribution in [1.29, 1.82) is 0 Å². The summed E-state index contributed by atoms with van der Waals surface area (Å²) in [7, 11) is 0. The molecule has 15 heavy (non-hydrogen) atoms. The number of rotatable bonds is 1. The third kappa shape index (κ3) is 3.24. The second-order valence-corrected chi connectivity index (χ2v) is 2.56. The number of hydrazine groups is 1. The van der Waals surface area contributed by atoms with E-state index in [1.165, 1.54) is 12.1 Å². The molecule has 0 aliphatic rings. The molecule has 0 atom stereocenters. The van der Waals surface area contributed by atoms with E-state index >= 15 is 0 Å². The molecule has 0 aromatic heterocycles. The lowest BCUT2D eigenvalue weighted by atomic mass is 10.3. The number of nitrogens with zero attached hydrogens (tertiary/aromatic N) is 2. The predicted octanol–water partition coefficient (Wildman–Crippen LogP) is -0.450. The fourth-order valence-corrected chi connectivity index (χ4v) is 0.846. The lowest BCUT2D eigenvalue weighted by molar-refractivity contribution is 0.630. The molecule has 1 aromatic carbocycles. The summed E-state index contributed by atoms with van der Waals surface area (Å²) in [4.78, 5) is 7.25. The molecule has 0 unspecified atom stereocenters. The largest absolute Gasteiger partial charge is 0.368 e. The van der Waals surface area contributed by atoms with Crippen LogP contribution in [-0.2, 0) is 0 Å². The summed E-state index contributed by atoms with van der Waals surface area (Å²) in [5.41, 5.74) is 12.8. The first kappa shape index (κ1) is 10.9. The van der Waals surface area contributed by atoms with Crippen LogP contribution in [0.4, 0.5) is 10.1 Å². The van der Waals surface area contributed by atoms with E-state index in [-0.39, 0.29) is 17.6 Å². The molecule has 1 aromatic rings. The molecule has 0 heterocycles. The van der Waals surface area contributed by atoms with E-state index in [9.17, 15) is 4.39 Å². The summed E-state index contributed by atoms with van der Waals surface area (Å²) in [6.45, 7) is 0. The van der Waals surface area contributed by atoms with Gasteiger partial charge in [-0.15, -0.1) is 0 Å². The number of nitrogens with one attached hydrogen (secondary N) is 1. The molecule has 7 N–H and O–H groups in total. The summed E-state index contributed by atoms with van der Waals surface area (Å²) in [5.74, 6) is 4.17. The van der Waals surface area contributed by atoms with Gasteiger partial charge in [-0.25, -0.2) is 15.2 Å². The van der Waals surface area contributed by atoms with Gasteiger partial charge in [0.1, 0.15) is 11.5 Å². The number of hydrogen-bond donors (Lipinski definition) is 4. The molecule has 0 spiro atoms. The molecule has 0 saturated heterocycles. The van der Waals surface area contributed by atoms with Gasteiger partial charge in [-0.05, 0) is 12.1 Å². The molecular formula is C8H11FN6. The van der Waals surface area contributed by atoms with Crippen LogP contribution in [0.5, 0.6) is 0 Å². The minimum atomic E-state index is -0.491. The highest BCUT2D eigenvalue weighted by molar-refractivity contribution is 5.94. The van der Waals surface area contributed by atoms with Crippen LogP contribution < -0.4 is 22.7 Å². The molecule has 0 bridgehead atoms. The summed E-state index contributed by atoms with van der Waals surface area (Å²) in [6.07, 6.45) is 0. The Morgan fingerprint density at radius 2 is 1.93 bits per heavy atom. The second kappa shape index (κ2) is 4.91. The molecule has 0 radical (unpaired) electrons. The molecule has 0 saturated carbocycles. The summed E-state index contributed by atoms with van der Waals surface area (Å²) < 4.78 is 13.1. The molecule has 0 fully saturated rings. The van der Waals surface area contributed by atoms with Crippen LogP contribution in [0.2, 0.25) is 0 Å². The minimum absolute atomic E-state index is 0.0866. The molecule has 7 heteroatoms. The zero-order chi connectivity index (χ0) is 11.3. The van der Waals surface area contributed by atoms with Crippen molar-refractivity contribution in [2.75, 3.05) is 0 Å². The third-order valence-electron chi connectivity index (χ3n) is 1.47. The molecule has 6 nitrogen and oxygen atoms in total. The highest BCUT2D eigenvalue weighted by Crippen LogP contribution is 2.15. The number of benzene rings is 1. The maximum atomic E-state index is 13.1. The van der Waals surface area contributed by atoms with Crippen molar-refractivity contribution in [1.82, 2.24) is 5.43 Å². The first-order valence-corrected chi connectivity index (χ1v) is 4.03. The van der Waals surface area contributed by atoms with Gasteiger partial charge in [-0.1, -0.05) is 12.1 Å². The van der Waals surface area contributed by atoms with Crippen LogP contribution in [0, 0.1) is 5.82 Å². The van der Waals surface area contributed by atoms with Crippen molar-refractivity contribution in [3.8, 4) is 0 Å². The SMILES string of the molecule is NN/C(N)=N/C(N)=Nc1ccccc1F. The number of para-hydroxylation sites is 1. The van der Waals surface area contributed by atoms with Gasteiger partial charge < -0.3 is 11.5 Å². The molecule has 80 valence electrons. The summed E-state index contributed by atoms with van der Waals surface area (Å²) in [6, 6.07) is 5.90. The van der Waals surface area contributed by atoms with Gasteiger partial charge in [0.15, 0.2) is 0 Å². The van der Waals surface area contributed by atoms with E-state index in [0.717, 1.165) is 0 Å². The van der Waals surface area contributed by atoms with E-state index in [4.69, 9.17) is 17.3 Å². The predicted molar refractivity (Wildman–Crippen MR) is 56.6 cm³/mol. The molecule has 0 amide bonds. The number of halogens is 1. The van der Waals surface area contributed by atoms with Crippen molar-refractivity contribution < 1.29 is 4.39 Å².